The third-order valence-electron chi connectivity index (χ3n) is 2.62. The van der Waals surface area contributed by atoms with Crippen LogP contribution in [0, 0.1) is 3.57 Å². The minimum Gasteiger partial charge on any atom is -0.481 e. The third-order valence-corrected chi connectivity index (χ3v) is 3.61. The Morgan fingerprint density at radius 3 is 2.60 bits per heavy atom. The molecule has 2 N–H and O–H groups in total. The number of hydrogen-bond acceptors (Lipinski definition) is 2. The molecule has 5 nitrogen and oxygen atoms in total. The van der Waals surface area contributed by atoms with Crippen molar-refractivity contribution in [2.24, 2.45) is 0 Å². The summed E-state index contributed by atoms with van der Waals surface area (Å²) in [7, 11) is 0. The lowest BCUT2D eigenvalue weighted by Gasteiger charge is -2.26. The molecule has 0 atom stereocenters. The van der Waals surface area contributed by atoms with Crippen molar-refractivity contribution in [3.63, 3.8) is 0 Å². The van der Waals surface area contributed by atoms with Crippen molar-refractivity contribution < 1.29 is 14.7 Å². The van der Waals surface area contributed by atoms with Gasteiger partial charge in [-0.15, -0.1) is 0 Å². The first-order valence-electron chi connectivity index (χ1n) is 6.05. The Hall–Kier alpha value is -1.02. The lowest BCUT2D eigenvalue weighted by molar-refractivity contribution is -0.137. The number of carboxylic acids is 1. The van der Waals surface area contributed by atoms with Gasteiger partial charge >= 0.3 is 12.0 Å². The average molecular weight is 411 g/mol. The van der Waals surface area contributed by atoms with E-state index < -0.39 is 5.97 Å². The largest absolute Gasteiger partial charge is 0.481 e. The number of carboxylic acid groups (broad SMARTS) is 1. The number of carbonyl (C=O) groups is 2. The van der Waals surface area contributed by atoms with Crippen molar-refractivity contribution in [3.8, 4) is 0 Å². The van der Waals surface area contributed by atoms with Crippen molar-refractivity contribution in [3.05, 3.63) is 26.8 Å². The van der Waals surface area contributed by atoms with Crippen LogP contribution in [0.5, 0.6) is 0 Å². The van der Waals surface area contributed by atoms with Gasteiger partial charge in [-0.3, -0.25) is 4.79 Å². The fourth-order valence-corrected chi connectivity index (χ4v) is 2.49. The molecule has 1 rings (SSSR count). The van der Waals surface area contributed by atoms with E-state index in [1.54, 1.807) is 12.1 Å². The van der Waals surface area contributed by atoms with E-state index in [9.17, 15) is 9.59 Å². The van der Waals surface area contributed by atoms with Gasteiger partial charge in [-0.2, -0.15) is 0 Å². The fourth-order valence-electron chi connectivity index (χ4n) is 1.59. The second kappa shape index (κ2) is 7.68. The molecule has 110 valence electrons. The Bertz CT molecular complexity index is 508. The molecule has 0 aromatic heterocycles. The van der Waals surface area contributed by atoms with E-state index in [0.29, 0.717) is 10.7 Å². The summed E-state index contributed by atoms with van der Waals surface area (Å²) in [4.78, 5) is 24.2. The first-order valence-corrected chi connectivity index (χ1v) is 7.51. The number of nitrogens with one attached hydrogen (secondary N) is 1. The van der Waals surface area contributed by atoms with Crippen LogP contribution in [0.2, 0.25) is 5.02 Å². The summed E-state index contributed by atoms with van der Waals surface area (Å²) < 4.78 is 0.970. The van der Waals surface area contributed by atoms with Gasteiger partial charge in [-0.1, -0.05) is 11.6 Å². The van der Waals surface area contributed by atoms with E-state index >= 15 is 0 Å². The number of halogens is 2. The molecular weight excluding hydrogens is 395 g/mol. The molecule has 0 aliphatic carbocycles. The van der Waals surface area contributed by atoms with Gasteiger partial charge in [-0.05, 0) is 54.6 Å². The zero-order valence-electron chi connectivity index (χ0n) is 11.2. The predicted octanol–water partition coefficient (Wildman–Crippen LogP) is 3.66. The third kappa shape index (κ3) is 5.16. The summed E-state index contributed by atoms with van der Waals surface area (Å²) >= 11 is 8.18. The highest BCUT2D eigenvalue weighted by Crippen LogP contribution is 2.24. The van der Waals surface area contributed by atoms with Crippen molar-refractivity contribution in [2.45, 2.75) is 26.3 Å². The first-order chi connectivity index (χ1) is 9.31. The van der Waals surface area contributed by atoms with Gasteiger partial charge in [0.1, 0.15) is 0 Å². The van der Waals surface area contributed by atoms with Gasteiger partial charge in [0, 0.05) is 16.2 Å². The monoisotopic (exact) mass is 410 g/mol. The Labute approximate surface area is 136 Å². The van der Waals surface area contributed by atoms with Gasteiger partial charge < -0.3 is 15.3 Å². The van der Waals surface area contributed by atoms with Gasteiger partial charge in [0.15, 0.2) is 0 Å². The summed E-state index contributed by atoms with van der Waals surface area (Å²) in [6.07, 6.45) is -0.0912. The Kier molecular flexibility index (Phi) is 6.54. The molecule has 0 heterocycles. The maximum Gasteiger partial charge on any atom is 0.322 e. The van der Waals surface area contributed by atoms with Crippen molar-refractivity contribution in [1.82, 2.24) is 4.90 Å². The Morgan fingerprint density at radius 1 is 1.45 bits per heavy atom. The highest BCUT2D eigenvalue weighted by molar-refractivity contribution is 14.1. The molecular formula is C13H16ClIN2O3. The zero-order chi connectivity index (χ0) is 15.3. The summed E-state index contributed by atoms with van der Waals surface area (Å²) in [6, 6.07) is 4.84. The van der Waals surface area contributed by atoms with Crippen molar-refractivity contribution in [2.75, 3.05) is 11.9 Å². The molecule has 0 unspecified atom stereocenters. The van der Waals surface area contributed by atoms with Crippen LogP contribution in [0.25, 0.3) is 0 Å². The quantitative estimate of drug-likeness (QED) is 0.728. The van der Waals surface area contributed by atoms with E-state index in [-0.39, 0.29) is 25.0 Å². The van der Waals surface area contributed by atoms with Crippen molar-refractivity contribution >= 4 is 51.9 Å². The molecule has 7 heteroatoms. The molecule has 1 aromatic rings. The van der Waals surface area contributed by atoms with E-state index in [2.05, 4.69) is 27.9 Å². The summed E-state index contributed by atoms with van der Waals surface area (Å²) in [5.41, 5.74) is 0.512. The number of anilines is 1. The predicted molar refractivity (Wildman–Crippen MR) is 87.3 cm³/mol. The number of nitrogens with zero attached hydrogens (tertiary/aromatic N) is 1. The van der Waals surface area contributed by atoms with Gasteiger partial charge in [0.2, 0.25) is 0 Å². The maximum absolute atomic E-state index is 12.2. The maximum atomic E-state index is 12.2. The number of hydrogen-bond donors (Lipinski definition) is 2. The summed E-state index contributed by atoms with van der Waals surface area (Å²) in [5.74, 6) is -0.934. The molecule has 0 saturated carbocycles. The molecule has 0 fully saturated rings. The zero-order valence-corrected chi connectivity index (χ0v) is 14.1. The molecule has 0 spiro atoms. The number of amides is 2. The second-order valence-corrected chi connectivity index (χ2v) is 6.14. The number of urea groups is 1. The molecule has 0 saturated heterocycles. The average Bonchev–Trinajstić information content (AvgIpc) is 2.32. The summed E-state index contributed by atoms with van der Waals surface area (Å²) in [5, 5.41) is 11.9. The number of carbonyl (C=O) groups excluding carboxylic acids is 1. The van der Waals surface area contributed by atoms with Crippen molar-refractivity contribution in [1.29, 1.82) is 0 Å². The normalized spacial score (nSPS) is 10.4. The van der Waals surface area contributed by atoms with Crippen LogP contribution < -0.4 is 5.32 Å². The van der Waals surface area contributed by atoms with Gasteiger partial charge in [0.25, 0.3) is 0 Å². The second-order valence-electron chi connectivity index (χ2n) is 4.49. The van der Waals surface area contributed by atoms with E-state index in [1.807, 2.05) is 19.9 Å². The molecule has 0 aliphatic rings. The van der Waals surface area contributed by atoms with Crippen LogP contribution in [0.15, 0.2) is 18.2 Å². The molecule has 20 heavy (non-hydrogen) atoms. The number of aliphatic carboxylic acids is 1. The topological polar surface area (TPSA) is 69.6 Å². The SMILES string of the molecule is CC(C)N(CCC(=O)O)C(=O)Nc1ccc(I)cc1Cl. The Morgan fingerprint density at radius 2 is 2.10 bits per heavy atom. The van der Waals surface area contributed by atoms with Crippen LogP contribution in [-0.2, 0) is 4.79 Å². The van der Waals surface area contributed by atoms with Gasteiger partial charge in [0.05, 0.1) is 17.1 Å². The summed E-state index contributed by atoms with van der Waals surface area (Å²) in [6.45, 7) is 3.81. The molecule has 1 aromatic carbocycles. The van der Waals surface area contributed by atoms with Crippen LogP contribution in [0.3, 0.4) is 0 Å². The molecule has 2 amide bonds. The van der Waals surface area contributed by atoms with Crippen LogP contribution in [0.4, 0.5) is 10.5 Å². The van der Waals surface area contributed by atoms with E-state index in [4.69, 9.17) is 16.7 Å². The van der Waals surface area contributed by atoms with Crippen LogP contribution in [0.1, 0.15) is 20.3 Å². The fraction of sp³-hybridized carbons (Fsp3) is 0.385. The van der Waals surface area contributed by atoms with Gasteiger partial charge in [-0.25, -0.2) is 4.79 Å². The lowest BCUT2D eigenvalue weighted by atomic mass is 10.3. The van der Waals surface area contributed by atoms with Crippen LogP contribution >= 0.6 is 34.2 Å². The van der Waals surface area contributed by atoms with E-state index in [1.165, 1.54) is 4.90 Å². The first kappa shape index (κ1) is 17.0. The highest BCUT2D eigenvalue weighted by atomic mass is 127. The minimum absolute atomic E-state index is 0.0912. The smallest absolute Gasteiger partial charge is 0.322 e. The number of rotatable bonds is 5. The van der Waals surface area contributed by atoms with E-state index in [0.717, 1.165) is 3.57 Å². The number of benzene rings is 1. The lowest BCUT2D eigenvalue weighted by Crippen LogP contribution is -2.41. The minimum atomic E-state index is -0.934. The Balaban J connectivity index is 2.77. The van der Waals surface area contributed by atoms with Crippen LogP contribution in [-0.4, -0.2) is 34.6 Å². The highest BCUT2D eigenvalue weighted by Gasteiger charge is 2.18. The molecule has 0 radical (unpaired) electrons. The molecule has 0 aliphatic heterocycles. The standard InChI is InChI=1S/C13H16ClIN2O3/c1-8(2)17(6-5-12(18)19)13(20)16-11-4-3-9(15)7-10(11)14/h3-4,7-8H,5-6H2,1-2H3,(H,16,20)(H,18,19). The molecule has 0 bridgehead atoms.